The van der Waals surface area contributed by atoms with Gasteiger partial charge in [0.25, 0.3) is 0 Å². The SMILES string of the molecule is CCOc1ccc(CN(C)C(=NC)NCCCCN(C)C(C)C)cc1. The van der Waals surface area contributed by atoms with Crippen molar-refractivity contribution in [2.75, 3.05) is 40.8 Å². The van der Waals surface area contributed by atoms with Gasteiger partial charge in [-0.25, -0.2) is 0 Å². The summed E-state index contributed by atoms with van der Waals surface area (Å²) in [5.74, 6) is 1.86. The third-order valence-electron chi connectivity index (χ3n) is 4.33. The minimum absolute atomic E-state index is 0.612. The smallest absolute Gasteiger partial charge is 0.193 e. The van der Waals surface area contributed by atoms with Gasteiger partial charge in [0.1, 0.15) is 5.75 Å². The molecule has 25 heavy (non-hydrogen) atoms. The number of hydrogen-bond donors (Lipinski definition) is 1. The molecule has 0 aliphatic heterocycles. The Morgan fingerprint density at radius 1 is 1.16 bits per heavy atom. The minimum atomic E-state index is 0.612. The Hall–Kier alpha value is -1.75. The van der Waals surface area contributed by atoms with Crippen LogP contribution in [0.25, 0.3) is 0 Å². The van der Waals surface area contributed by atoms with E-state index in [1.54, 1.807) is 0 Å². The van der Waals surface area contributed by atoms with Crippen molar-refractivity contribution in [2.45, 2.75) is 46.2 Å². The van der Waals surface area contributed by atoms with E-state index in [1.807, 2.05) is 26.1 Å². The van der Waals surface area contributed by atoms with Gasteiger partial charge in [-0.2, -0.15) is 0 Å². The van der Waals surface area contributed by atoms with Crippen LogP contribution in [-0.2, 0) is 6.54 Å². The molecule has 0 saturated carbocycles. The molecule has 0 fully saturated rings. The quantitative estimate of drug-likeness (QED) is 0.400. The largest absolute Gasteiger partial charge is 0.494 e. The first-order valence-electron chi connectivity index (χ1n) is 9.31. The van der Waals surface area contributed by atoms with Crippen molar-refractivity contribution in [2.24, 2.45) is 4.99 Å². The van der Waals surface area contributed by atoms with E-state index in [1.165, 1.54) is 12.0 Å². The molecule has 0 aliphatic rings. The molecule has 1 rings (SSSR count). The third kappa shape index (κ3) is 8.25. The molecule has 0 amide bonds. The molecule has 1 aromatic carbocycles. The number of benzene rings is 1. The molecule has 0 radical (unpaired) electrons. The van der Waals surface area contributed by atoms with Crippen LogP contribution in [0.2, 0.25) is 0 Å². The van der Waals surface area contributed by atoms with Crippen molar-refractivity contribution >= 4 is 5.96 Å². The number of aliphatic imine (C=N–C) groups is 1. The first kappa shape index (κ1) is 21.3. The van der Waals surface area contributed by atoms with Crippen molar-refractivity contribution in [3.8, 4) is 5.75 Å². The number of hydrogen-bond acceptors (Lipinski definition) is 3. The van der Waals surface area contributed by atoms with Crippen molar-refractivity contribution < 1.29 is 4.74 Å². The first-order chi connectivity index (χ1) is 12.0. The number of ether oxygens (including phenoxy) is 1. The third-order valence-corrected chi connectivity index (χ3v) is 4.33. The Labute approximate surface area is 154 Å². The van der Waals surface area contributed by atoms with Crippen LogP contribution in [0.3, 0.4) is 0 Å². The van der Waals surface area contributed by atoms with Gasteiger partial charge in [-0.15, -0.1) is 0 Å². The predicted molar refractivity (Wildman–Crippen MR) is 107 cm³/mol. The zero-order valence-electron chi connectivity index (χ0n) is 16.9. The van der Waals surface area contributed by atoms with Crippen molar-refractivity contribution in [1.82, 2.24) is 15.1 Å². The van der Waals surface area contributed by atoms with Crippen molar-refractivity contribution in [3.63, 3.8) is 0 Å². The molecule has 5 nitrogen and oxygen atoms in total. The first-order valence-corrected chi connectivity index (χ1v) is 9.31. The van der Waals surface area contributed by atoms with Crippen LogP contribution in [0, 0.1) is 0 Å². The molecule has 5 heteroatoms. The molecule has 0 spiro atoms. The molecule has 0 saturated heterocycles. The van der Waals surface area contributed by atoms with Gasteiger partial charge in [0.15, 0.2) is 5.96 Å². The Balaban J connectivity index is 2.35. The highest BCUT2D eigenvalue weighted by molar-refractivity contribution is 5.79. The summed E-state index contributed by atoms with van der Waals surface area (Å²) in [4.78, 5) is 8.92. The fraction of sp³-hybridized carbons (Fsp3) is 0.650. The molecule has 0 unspecified atom stereocenters. The minimum Gasteiger partial charge on any atom is -0.494 e. The van der Waals surface area contributed by atoms with E-state index in [4.69, 9.17) is 4.74 Å². The molecular formula is C20H36N4O. The maximum absolute atomic E-state index is 5.49. The van der Waals surface area contributed by atoms with E-state index in [9.17, 15) is 0 Å². The summed E-state index contributed by atoms with van der Waals surface area (Å²) < 4.78 is 5.49. The predicted octanol–water partition coefficient (Wildman–Crippen LogP) is 3.21. The van der Waals surface area contributed by atoms with Crippen LogP contribution >= 0.6 is 0 Å². The summed E-state index contributed by atoms with van der Waals surface area (Å²) in [7, 11) is 6.09. The summed E-state index contributed by atoms with van der Waals surface area (Å²) >= 11 is 0. The summed E-state index contributed by atoms with van der Waals surface area (Å²) in [5, 5.41) is 3.46. The highest BCUT2D eigenvalue weighted by Crippen LogP contribution is 2.13. The Kier molecular flexibility index (Phi) is 10.0. The maximum atomic E-state index is 5.49. The van der Waals surface area contributed by atoms with Crippen LogP contribution < -0.4 is 10.1 Å². The van der Waals surface area contributed by atoms with E-state index in [-0.39, 0.29) is 0 Å². The van der Waals surface area contributed by atoms with Gasteiger partial charge in [0, 0.05) is 33.2 Å². The van der Waals surface area contributed by atoms with Crippen LogP contribution in [0.4, 0.5) is 0 Å². The number of rotatable bonds is 10. The maximum Gasteiger partial charge on any atom is 0.193 e. The number of guanidine groups is 1. The van der Waals surface area contributed by atoms with E-state index >= 15 is 0 Å². The standard InChI is InChI=1S/C20H36N4O/c1-7-25-19-12-10-18(11-13-19)16-24(6)20(21-4)22-14-8-9-15-23(5)17(2)3/h10-13,17H,7-9,14-16H2,1-6H3,(H,21,22). The molecule has 0 atom stereocenters. The summed E-state index contributed by atoms with van der Waals surface area (Å²) in [6, 6.07) is 8.87. The average Bonchev–Trinajstić information content (AvgIpc) is 2.59. The van der Waals surface area contributed by atoms with Crippen LogP contribution in [0.1, 0.15) is 39.2 Å². The van der Waals surface area contributed by atoms with E-state index in [2.05, 4.69) is 60.2 Å². The van der Waals surface area contributed by atoms with E-state index in [0.717, 1.165) is 37.8 Å². The van der Waals surface area contributed by atoms with Gasteiger partial charge in [-0.3, -0.25) is 4.99 Å². The zero-order chi connectivity index (χ0) is 18.7. The van der Waals surface area contributed by atoms with Gasteiger partial charge in [0.2, 0.25) is 0 Å². The lowest BCUT2D eigenvalue weighted by molar-refractivity contribution is 0.268. The zero-order valence-corrected chi connectivity index (χ0v) is 16.9. The Morgan fingerprint density at radius 2 is 1.84 bits per heavy atom. The molecule has 142 valence electrons. The lowest BCUT2D eigenvalue weighted by Gasteiger charge is -2.23. The van der Waals surface area contributed by atoms with Gasteiger partial charge in [0.05, 0.1) is 6.61 Å². The molecule has 0 bridgehead atoms. The van der Waals surface area contributed by atoms with E-state index < -0.39 is 0 Å². The fourth-order valence-corrected chi connectivity index (χ4v) is 2.54. The molecular weight excluding hydrogens is 312 g/mol. The normalized spacial score (nSPS) is 11.9. The van der Waals surface area contributed by atoms with Crippen LogP contribution in [-0.4, -0.2) is 62.6 Å². The van der Waals surface area contributed by atoms with Gasteiger partial charge in [-0.1, -0.05) is 12.1 Å². The lowest BCUT2D eigenvalue weighted by atomic mass is 10.2. The highest BCUT2D eigenvalue weighted by atomic mass is 16.5. The molecule has 0 heterocycles. The Bertz CT molecular complexity index is 499. The summed E-state index contributed by atoms with van der Waals surface area (Å²) in [6.07, 6.45) is 2.34. The van der Waals surface area contributed by atoms with Crippen molar-refractivity contribution in [3.05, 3.63) is 29.8 Å². The second-order valence-corrected chi connectivity index (χ2v) is 6.69. The highest BCUT2D eigenvalue weighted by Gasteiger charge is 2.07. The van der Waals surface area contributed by atoms with Gasteiger partial charge < -0.3 is 19.9 Å². The van der Waals surface area contributed by atoms with E-state index in [0.29, 0.717) is 12.6 Å². The Morgan fingerprint density at radius 3 is 2.40 bits per heavy atom. The van der Waals surface area contributed by atoms with Crippen LogP contribution in [0.5, 0.6) is 5.75 Å². The van der Waals surface area contributed by atoms with Gasteiger partial charge >= 0.3 is 0 Å². The summed E-state index contributed by atoms with van der Waals surface area (Å²) in [5.41, 5.74) is 1.24. The lowest BCUT2D eigenvalue weighted by Crippen LogP contribution is -2.39. The van der Waals surface area contributed by atoms with Gasteiger partial charge in [-0.05, 0) is 64.9 Å². The average molecular weight is 349 g/mol. The topological polar surface area (TPSA) is 40.1 Å². The van der Waals surface area contributed by atoms with Crippen LogP contribution in [0.15, 0.2) is 29.3 Å². The number of nitrogens with zero attached hydrogens (tertiary/aromatic N) is 3. The molecule has 1 N–H and O–H groups in total. The molecule has 1 aromatic rings. The molecule has 0 aromatic heterocycles. The fourth-order valence-electron chi connectivity index (χ4n) is 2.54. The number of unbranched alkanes of at least 4 members (excludes halogenated alkanes) is 1. The molecule has 0 aliphatic carbocycles. The van der Waals surface area contributed by atoms with Crippen molar-refractivity contribution in [1.29, 1.82) is 0 Å². The monoisotopic (exact) mass is 348 g/mol. The second kappa shape index (κ2) is 11.7. The number of nitrogens with one attached hydrogen (secondary N) is 1. The second-order valence-electron chi connectivity index (χ2n) is 6.69. The summed E-state index contributed by atoms with van der Waals surface area (Å²) in [6.45, 7) is 10.1.